The second kappa shape index (κ2) is 10.9. The Morgan fingerprint density at radius 3 is 1.74 bits per heavy atom. The summed E-state index contributed by atoms with van der Waals surface area (Å²) in [4.78, 5) is 12.0. The summed E-state index contributed by atoms with van der Waals surface area (Å²) in [5.74, 6) is 0. The normalized spacial score (nSPS) is 14.0. The lowest BCUT2D eigenvalue weighted by atomic mass is 9.82. The third kappa shape index (κ3) is 4.72. The molecule has 0 atom stereocenters. The SMILES string of the molecule is CCN(CC)c1ccc2c(c1)N=C(c1ccsc1)SC2(c1ccc(N(C)C)cc1)c1ccc(N(C)C)cc1. The van der Waals surface area contributed by atoms with E-state index in [1.165, 1.54) is 39.3 Å². The summed E-state index contributed by atoms with van der Waals surface area (Å²) in [5, 5.41) is 5.41. The topological polar surface area (TPSA) is 22.1 Å². The molecule has 4 aromatic rings. The first-order valence-corrected chi connectivity index (χ1v) is 14.9. The Kier molecular flexibility index (Phi) is 7.55. The van der Waals surface area contributed by atoms with Crippen LogP contribution >= 0.6 is 23.1 Å². The monoisotopic (exact) mass is 540 g/mol. The van der Waals surface area contributed by atoms with E-state index >= 15 is 0 Å². The minimum absolute atomic E-state index is 0.439. The molecule has 0 unspecified atom stereocenters. The molecule has 196 valence electrons. The summed E-state index contributed by atoms with van der Waals surface area (Å²) >= 11 is 3.57. The molecule has 0 amide bonds. The van der Waals surface area contributed by atoms with Crippen LogP contribution in [-0.2, 0) is 4.75 Å². The van der Waals surface area contributed by atoms with Crippen LogP contribution in [0.2, 0.25) is 0 Å². The van der Waals surface area contributed by atoms with E-state index < -0.39 is 4.75 Å². The molecule has 1 aliphatic heterocycles. The Bertz CT molecular complexity index is 1350. The van der Waals surface area contributed by atoms with Crippen LogP contribution in [0, 0.1) is 0 Å². The second-order valence-corrected chi connectivity index (χ2v) is 12.0. The van der Waals surface area contributed by atoms with Gasteiger partial charge in [-0.2, -0.15) is 11.3 Å². The first-order chi connectivity index (χ1) is 18.4. The smallest absolute Gasteiger partial charge is 0.106 e. The van der Waals surface area contributed by atoms with Gasteiger partial charge in [0, 0.05) is 74.8 Å². The van der Waals surface area contributed by atoms with Gasteiger partial charge in [-0.3, -0.25) is 0 Å². The number of thioether (sulfide) groups is 1. The van der Waals surface area contributed by atoms with Crippen LogP contribution in [0.4, 0.5) is 22.7 Å². The maximum atomic E-state index is 5.28. The minimum Gasteiger partial charge on any atom is -0.378 e. The van der Waals surface area contributed by atoms with Gasteiger partial charge in [0.05, 0.1) is 10.4 Å². The molecule has 4 nitrogen and oxygen atoms in total. The Morgan fingerprint density at radius 1 is 0.711 bits per heavy atom. The highest BCUT2D eigenvalue weighted by molar-refractivity contribution is 8.15. The standard InChI is InChI=1S/C32H36N4S2/c1-7-36(8-2)28-17-18-29-30(21-28)33-31(23-19-20-37-22-23)38-32(29,24-9-13-26(14-10-24)34(3)4)25-11-15-27(16-12-25)35(5)6/h9-22H,7-8H2,1-6H3. The van der Waals surface area contributed by atoms with Crippen molar-refractivity contribution in [3.63, 3.8) is 0 Å². The second-order valence-electron chi connectivity index (χ2n) is 9.97. The average Bonchev–Trinajstić information content (AvgIpc) is 3.48. The number of hydrogen-bond acceptors (Lipinski definition) is 6. The number of thiophene rings is 1. The maximum Gasteiger partial charge on any atom is 0.106 e. The lowest BCUT2D eigenvalue weighted by molar-refractivity contribution is 0.860. The molecule has 0 radical (unpaired) electrons. The maximum absolute atomic E-state index is 5.28. The van der Waals surface area contributed by atoms with Gasteiger partial charge in [-0.15, -0.1) is 0 Å². The number of fused-ring (bicyclic) bond motifs is 1. The van der Waals surface area contributed by atoms with Gasteiger partial charge < -0.3 is 14.7 Å². The summed E-state index contributed by atoms with van der Waals surface area (Å²) in [6, 6.07) is 27.1. The summed E-state index contributed by atoms with van der Waals surface area (Å²) in [6.45, 7) is 6.35. The molecule has 0 N–H and O–H groups in total. The highest BCUT2D eigenvalue weighted by atomic mass is 32.2. The van der Waals surface area contributed by atoms with Crippen LogP contribution < -0.4 is 14.7 Å². The van der Waals surface area contributed by atoms with E-state index in [1.807, 2.05) is 11.8 Å². The molecule has 0 fully saturated rings. The van der Waals surface area contributed by atoms with Crippen molar-refractivity contribution in [2.45, 2.75) is 18.6 Å². The molecule has 0 saturated carbocycles. The quantitative estimate of drug-likeness (QED) is 0.227. The predicted octanol–water partition coefficient (Wildman–Crippen LogP) is 7.84. The third-order valence-electron chi connectivity index (χ3n) is 7.31. The molecule has 6 heteroatoms. The van der Waals surface area contributed by atoms with Gasteiger partial charge in [-0.25, -0.2) is 4.99 Å². The molecule has 0 spiro atoms. The summed E-state index contributed by atoms with van der Waals surface area (Å²) in [6.07, 6.45) is 0. The van der Waals surface area contributed by atoms with Gasteiger partial charge in [-0.1, -0.05) is 42.1 Å². The van der Waals surface area contributed by atoms with E-state index in [9.17, 15) is 0 Å². The first kappa shape index (κ1) is 26.4. The van der Waals surface area contributed by atoms with Crippen LogP contribution in [0.5, 0.6) is 0 Å². The fraction of sp³-hybridized carbons (Fsp3) is 0.281. The lowest BCUT2D eigenvalue weighted by Gasteiger charge is -2.39. The number of anilines is 3. The lowest BCUT2D eigenvalue weighted by Crippen LogP contribution is -2.30. The summed E-state index contributed by atoms with van der Waals surface area (Å²) in [7, 11) is 8.36. The molecule has 3 aromatic carbocycles. The zero-order valence-electron chi connectivity index (χ0n) is 23.1. The van der Waals surface area contributed by atoms with Crippen molar-refractivity contribution >= 4 is 50.9 Å². The van der Waals surface area contributed by atoms with E-state index in [2.05, 4.69) is 140 Å². The van der Waals surface area contributed by atoms with Crippen molar-refractivity contribution in [2.24, 2.45) is 4.99 Å². The molecule has 0 bridgehead atoms. The molecule has 1 aliphatic rings. The molecule has 1 aromatic heterocycles. The number of nitrogens with zero attached hydrogens (tertiary/aromatic N) is 4. The van der Waals surface area contributed by atoms with Crippen molar-refractivity contribution in [1.29, 1.82) is 0 Å². The molecule has 0 aliphatic carbocycles. The van der Waals surface area contributed by atoms with E-state index in [4.69, 9.17) is 4.99 Å². The zero-order valence-corrected chi connectivity index (χ0v) is 24.7. The fourth-order valence-electron chi connectivity index (χ4n) is 5.12. The first-order valence-electron chi connectivity index (χ1n) is 13.1. The van der Waals surface area contributed by atoms with Crippen molar-refractivity contribution in [3.05, 3.63) is 106 Å². The van der Waals surface area contributed by atoms with Crippen LogP contribution in [0.1, 0.15) is 36.1 Å². The average molecular weight is 541 g/mol. The van der Waals surface area contributed by atoms with Crippen LogP contribution in [0.25, 0.3) is 0 Å². The van der Waals surface area contributed by atoms with Gasteiger partial charge in [0.15, 0.2) is 0 Å². The molecule has 0 saturated heterocycles. The van der Waals surface area contributed by atoms with E-state index in [1.54, 1.807) is 11.3 Å². The van der Waals surface area contributed by atoms with E-state index in [0.29, 0.717) is 0 Å². The molecular weight excluding hydrogens is 505 g/mol. The van der Waals surface area contributed by atoms with Gasteiger partial charge in [-0.05, 0) is 72.8 Å². The molecular formula is C32H36N4S2. The van der Waals surface area contributed by atoms with Crippen LogP contribution in [0.3, 0.4) is 0 Å². The Hall–Kier alpha value is -3.22. The number of aliphatic imine (C=N–C) groups is 1. The Morgan fingerprint density at radius 2 is 1.26 bits per heavy atom. The summed E-state index contributed by atoms with van der Waals surface area (Å²) in [5.41, 5.74) is 9.56. The van der Waals surface area contributed by atoms with Crippen LogP contribution in [0.15, 0.2) is 88.5 Å². The van der Waals surface area contributed by atoms with Crippen molar-refractivity contribution in [3.8, 4) is 0 Å². The van der Waals surface area contributed by atoms with Crippen molar-refractivity contribution < 1.29 is 0 Å². The van der Waals surface area contributed by atoms with Crippen molar-refractivity contribution in [1.82, 2.24) is 0 Å². The molecule has 2 heterocycles. The highest BCUT2D eigenvalue weighted by Gasteiger charge is 2.43. The third-order valence-corrected chi connectivity index (χ3v) is 9.51. The predicted molar refractivity (Wildman–Crippen MR) is 170 cm³/mol. The van der Waals surface area contributed by atoms with Gasteiger partial charge >= 0.3 is 0 Å². The summed E-state index contributed by atoms with van der Waals surface area (Å²) < 4.78 is -0.439. The van der Waals surface area contributed by atoms with Gasteiger partial charge in [0.2, 0.25) is 0 Å². The van der Waals surface area contributed by atoms with Gasteiger partial charge in [0.25, 0.3) is 0 Å². The van der Waals surface area contributed by atoms with E-state index in [0.717, 1.165) is 23.8 Å². The largest absolute Gasteiger partial charge is 0.378 e. The highest BCUT2D eigenvalue weighted by Crippen LogP contribution is 2.56. The number of hydrogen-bond donors (Lipinski definition) is 0. The van der Waals surface area contributed by atoms with E-state index in [-0.39, 0.29) is 0 Å². The Labute approximate surface area is 235 Å². The number of benzene rings is 3. The molecule has 5 rings (SSSR count). The van der Waals surface area contributed by atoms with Crippen LogP contribution in [-0.4, -0.2) is 46.3 Å². The number of rotatable bonds is 8. The Balaban J connectivity index is 1.79. The fourth-order valence-corrected chi connectivity index (χ4v) is 7.31. The van der Waals surface area contributed by atoms with Crippen molar-refractivity contribution in [2.75, 3.05) is 56.0 Å². The molecule has 38 heavy (non-hydrogen) atoms. The zero-order chi connectivity index (χ0) is 26.9. The minimum atomic E-state index is -0.439. The van der Waals surface area contributed by atoms with Gasteiger partial charge in [0.1, 0.15) is 5.04 Å².